The minimum absolute atomic E-state index is 0.0127. The number of aliphatic hydroxyl groups is 1. The van der Waals surface area contributed by atoms with E-state index in [2.05, 4.69) is 20.8 Å². The van der Waals surface area contributed by atoms with Gasteiger partial charge in [-0.25, -0.2) is 4.79 Å². The van der Waals surface area contributed by atoms with Crippen LogP contribution in [0.2, 0.25) is 0 Å². The van der Waals surface area contributed by atoms with Crippen LogP contribution in [0.15, 0.2) is 40.8 Å². The maximum Gasteiger partial charge on any atom is 0.333 e. The van der Waals surface area contributed by atoms with Gasteiger partial charge < -0.3 is 19.3 Å². The molecule has 1 aromatic rings. The van der Waals surface area contributed by atoms with Crippen LogP contribution in [-0.2, 0) is 33.3 Å². The number of carbonyl (C=O) groups excluding carboxylic acids is 1. The van der Waals surface area contributed by atoms with Crippen LogP contribution < -0.4 is 0 Å². The van der Waals surface area contributed by atoms with Crippen molar-refractivity contribution in [2.24, 2.45) is 28.6 Å². The summed E-state index contributed by atoms with van der Waals surface area (Å²) in [5, 5.41) is 11.6. The van der Waals surface area contributed by atoms with Crippen LogP contribution in [0.5, 0.6) is 0 Å². The van der Waals surface area contributed by atoms with Crippen molar-refractivity contribution < 1.29 is 36.7 Å². The summed E-state index contributed by atoms with van der Waals surface area (Å²) in [6, 6.07) is 6.26. The van der Waals surface area contributed by atoms with Crippen molar-refractivity contribution in [1.82, 2.24) is 0 Å². The van der Waals surface area contributed by atoms with E-state index in [1.54, 1.807) is 12.1 Å². The average molecular weight is 563 g/mol. The zero-order valence-electron chi connectivity index (χ0n) is 23.6. The van der Waals surface area contributed by atoms with E-state index in [4.69, 9.17) is 18.4 Å². The fourth-order valence-corrected chi connectivity index (χ4v) is 9.18. The van der Waals surface area contributed by atoms with Crippen molar-refractivity contribution in [2.45, 2.75) is 89.6 Å². The molecule has 1 aliphatic heterocycles. The predicted molar refractivity (Wildman–Crippen MR) is 144 cm³/mol. The van der Waals surface area contributed by atoms with Crippen LogP contribution in [0.25, 0.3) is 0 Å². The molecular formula is C30H42O8S. The minimum atomic E-state index is -4.13. The minimum Gasteiger partial charge on any atom is -0.460 e. The first kappa shape index (κ1) is 28.7. The van der Waals surface area contributed by atoms with E-state index in [0.29, 0.717) is 19.6 Å². The first-order valence-corrected chi connectivity index (χ1v) is 15.6. The summed E-state index contributed by atoms with van der Waals surface area (Å²) < 4.78 is 49.5. The summed E-state index contributed by atoms with van der Waals surface area (Å²) in [5.41, 5.74) is 0.976. The number of aliphatic hydroxyl groups excluding tert-OH is 1. The van der Waals surface area contributed by atoms with Crippen LogP contribution in [0, 0.1) is 35.5 Å². The molecule has 3 saturated carbocycles. The molecule has 0 radical (unpaired) electrons. The molecule has 0 aromatic heterocycles. The second-order valence-electron chi connectivity index (χ2n) is 12.3. The predicted octanol–water partition coefficient (Wildman–Crippen LogP) is 4.53. The number of esters is 1. The van der Waals surface area contributed by atoms with Crippen molar-refractivity contribution >= 4 is 16.1 Å². The number of hydrogen-bond donors (Lipinski definition) is 1. The molecule has 1 heterocycles. The molecule has 1 saturated heterocycles. The molecule has 4 aliphatic rings. The molecule has 3 aliphatic carbocycles. The van der Waals surface area contributed by atoms with Crippen molar-refractivity contribution in [3.63, 3.8) is 0 Å². The lowest BCUT2D eigenvalue weighted by molar-refractivity contribution is -0.274. The largest absolute Gasteiger partial charge is 0.460 e. The van der Waals surface area contributed by atoms with Gasteiger partial charge in [-0.15, -0.1) is 0 Å². The van der Waals surface area contributed by atoms with Gasteiger partial charge in [0, 0.05) is 24.2 Å². The highest BCUT2D eigenvalue weighted by Gasteiger charge is 2.73. The maximum absolute atomic E-state index is 13.2. The van der Waals surface area contributed by atoms with Crippen molar-refractivity contribution in [1.29, 1.82) is 0 Å². The topological polar surface area (TPSA) is 108 Å². The number of ether oxygens (including phenoxy) is 3. The van der Waals surface area contributed by atoms with Gasteiger partial charge in [0.1, 0.15) is 6.10 Å². The number of benzene rings is 1. The maximum atomic E-state index is 13.2. The normalized spacial score (nSPS) is 38.8. The number of hydrogen-bond acceptors (Lipinski definition) is 8. The molecular weight excluding hydrogens is 520 g/mol. The summed E-state index contributed by atoms with van der Waals surface area (Å²) in [4.78, 5) is 13.2. The van der Waals surface area contributed by atoms with E-state index in [1.807, 2.05) is 19.9 Å². The molecule has 0 unspecified atom stereocenters. The van der Waals surface area contributed by atoms with E-state index in [9.17, 15) is 18.3 Å². The second kappa shape index (κ2) is 10.2. The van der Waals surface area contributed by atoms with E-state index in [-0.39, 0.29) is 28.1 Å². The molecule has 1 aromatic carbocycles. The highest BCUT2D eigenvalue weighted by Crippen LogP contribution is 2.71. The molecule has 1 N–H and O–H groups in total. The Morgan fingerprint density at radius 2 is 1.79 bits per heavy atom. The Bertz CT molecular complexity index is 1220. The molecule has 1 spiro atoms. The highest BCUT2D eigenvalue weighted by atomic mass is 32.2. The lowest BCUT2D eigenvalue weighted by atomic mass is 9.45. The Hall–Kier alpha value is -1.78. The fourth-order valence-electron chi connectivity index (χ4n) is 8.32. The number of allylic oxidation sites excluding steroid dienone is 1. The smallest absolute Gasteiger partial charge is 0.333 e. The number of rotatable bonds is 5. The van der Waals surface area contributed by atoms with Crippen LogP contribution >= 0.6 is 0 Å². The Balaban J connectivity index is 1.47. The van der Waals surface area contributed by atoms with Gasteiger partial charge >= 0.3 is 5.97 Å². The van der Waals surface area contributed by atoms with Crippen LogP contribution in [-0.4, -0.2) is 57.3 Å². The van der Waals surface area contributed by atoms with Gasteiger partial charge in [0.25, 0.3) is 10.1 Å². The summed E-state index contributed by atoms with van der Waals surface area (Å²) in [5.74, 6) is -1.47. The Morgan fingerprint density at radius 3 is 2.44 bits per heavy atom. The SMILES string of the molecule is C/C=C1/C[C@H](OC(=O)COS(=O)(=O)c2ccc(C)cc2)[C@]2(C)[C@H](C)CC[C@]3(CCC4(OCCO4)[C@H]32)[C@@H](C)[C@@H]1O. The average Bonchev–Trinajstić information content (AvgIpc) is 3.52. The Labute approximate surface area is 232 Å². The summed E-state index contributed by atoms with van der Waals surface area (Å²) in [6.07, 6.45) is 4.44. The van der Waals surface area contributed by atoms with Crippen LogP contribution in [0.1, 0.15) is 65.4 Å². The van der Waals surface area contributed by atoms with E-state index in [1.165, 1.54) is 12.1 Å². The van der Waals surface area contributed by atoms with Gasteiger partial charge in [-0.2, -0.15) is 8.42 Å². The zero-order valence-corrected chi connectivity index (χ0v) is 24.5. The monoisotopic (exact) mass is 562 g/mol. The lowest BCUT2D eigenvalue weighted by Gasteiger charge is -2.62. The van der Waals surface area contributed by atoms with Crippen LogP contribution in [0.4, 0.5) is 0 Å². The number of carbonyl (C=O) groups is 1. The van der Waals surface area contributed by atoms with E-state index in [0.717, 1.165) is 36.8 Å². The zero-order chi connectivity index (χ0) is 28.2. The Morgan fingerprint density at radius 1 is 1.13 bits per heavy atom. The van der Waals surface area contributed by atoms with Gasteiger partial charge in [0.15, 0.2) is 12.4 Å². The number of aryl methyl sites for hydroxylation is 1. The van der Waals surface area contributed by atoms with Gasteiger partial charge in [0.2, 0.25) is 0 Å². The first-order chi connectivity index (χ1) is 18.4. The lowest BCUT2D eigenvalue weighted by Crippen LogP contribution is -2.64. The van der Waals surface area contributed by atoms with Gasteiger partial charge in [0.05, 0.1) is 24.2 Å². The standard InChI is InChI=1S/C30H42O8S/c1-6-22-17-24(38-25(31)18-37-39(33,34)23-9-7-19(2)8-10-23)28(5)20(3)11-12-29(21(4)26(22)32)13-14-30(27(28)29)35-15-16-36-30/h6-10,20-21,24,26-27,32H,11-18H2,1-5H3/b22-6-/t20-,21+,24+,26+,27+,28+,29+/m1/s1. The molecule has 9 heteroatoms. The Kier molecular flexibility index (Phi) is 7.55. The molecule has 4 fully saturated rings. The van der Waals surface area contributed by atoms with E-state index >= 15 is 0 Å². The molecule has 39 heavy (non-hydrogen) atoms. The quantitative estimate of drug-likeness (QED) is 0.317. The summed E-state index contributed by atoms with van der Waals surface area (Å²) in [7, 11) is -4.13. The summed E-state index contributed by atoms with van der Waals surface area (Å²) in [6.45, 7) is 10.6. The molecule has 216 valence electrons. The van der Waals surface area contributed by atoms with E-state index < -0.39 is 46.1 Å². The molecule has 0 amide bonds. The summed E-state index contributed by atoms with van der Waals surface area (Å²) >= 11 is 0. The highest BCUT2D eigenvalue weighted by molar-refractivity contribution is 7.86. The fraction of sp³-hybridized carbons (Fsp3) is 0.700. The van der Waals surface area contributed by atoms with Gasteiger partial charge in [-0.3, -0.25) is 4.18 Å². The third-order valence-corrected chi connectivity index (χ3v) is 11.9. The van der Waals surface area contributed by atoms with Crippen molar-refractivity contribution in [3.8, 4) is 0 Å². The van der Waals surface area contributed by atoms with Gasteiger partial charge in [-0.1, -0.05) is 44.5 Å². The third-order valence-electron chi connectivity index (χ3n) is 10.6. The third kappa shape index (κ3) is 4.58. The second-order valence-corrected chi connectivity index (χ2v) is 13.9. The molecule has 8 nitrogen and oxygen atoms in total. The molecule has 5 rings (SSSR count). The van der Waals surface area contributed by atoms with Crippen LogP contribution in [0.3, 0.4) is 0 Å². The van der Waals surface area contributed by atoms with Crippen molar-refractivity contribution in [2.75, 3.05) is 19.8 Å². The first-order valence-electron chi connectivity index (χ1n) is 14.2. The van der Waals surface area contributed by atoms with Gasteiger partial charge in [-0.05, 0) is 68.1 Å². The molecule has 2 bridgehead atoms. The van der Waals surface area contributed by atoms with Crippen molar-refractivity contribution in [3.05, 3.63) is 41.5 Å². The molecule has 7 atom stereocenters.